The topological polar surface area (TPSA) is 98.8 Å². The monoisotopic (exact) mass is 470 g/mol. The zero-order chi connectivity index (χ0) is 24.1. The Bertz CT molecular complexity index is 912. The lowest BCUT2D eigenvalue weighted by Gasteiger charge is -2.34. The zero-order valence-corrected chi connectivity index (χ0v) is 20.3. The van der Waals surface area contributed by atoms with Gasteiger partial charge in [0.1, 0.15) is 10.7 Å². The maximum atomic E-state index is 13.9. The lowest BCUT2D eigenvalue weighted by molar-refractivity contribution is -0.136. The van der Waals surface area contributed by atoms with Crippen molar-refractivity contribution < 1.29 is 22.4 Å². The first-order valence-corrected chi connectivity index (χ1v) is 12.3. The summed E-state index contributed by atoms with van der Waals surface area (Å²) in [6.07, 6.45) is 1.02. The zero-order valence-electron chi connectivity index (χ0n) is 19.5. The Morgan fingerprint density at radius 1 is 1.22 bits per heavy atom. The van der Waals surface area contributed by atoms with Gasteiger partial charge in [0, 0.05) is 32.1 Å². The molecule has 1 fully saturated rings. The molecule has 8 nitrogen and oxygen atoms in total. The molecule has 0 spiro atoms. The van der Waals surface area contributed by atoms with Crippen molar-refractivity contribution in [3.63, 3.8) is 0 Å². The fourth-order valence-electron chi connectivity index (χ4n) is 4.03. The van der Waals surface area contributed by atoms with Crippen molar-refractivity contribution in [1.82, 2.24) is 19.8 Å². The summed E-state index contributed by atoms with van der Waals surface area (Å²) in [6.45, 7) is 7.77. The highest BCUT2D eigenvalue weighted by Crippen LogP contribution is 2.20. The van der Waals surface area contributed by atoms with Crippen molar-refractivity contribution in [3.8, 4) is 0 Å². The minimum atomic E-state index is -4.17. The molecule has 180 valence electrons. The van der Waals surface area contributed by atoms with Gasteiger partial charge < -0.3 is 15.1 Å². The number of hydrogen-bond donors (Lipinski definition) is 2. The molecule has 2 rings (SSSR count). The second kappa shape index (κ2) is 10.7. The maximum absolute atomic E-state index is 13.9. The molecule has 0 unspecified atom stereocenters. The molecule has 0 bridgehead atoms. The molecule has 0 saturated carbocycles. The largest absolute Gasteiger partial charge is 0.355 e. The smallest absolute Gasteiger partial charge is 0.244 e. The van der Waals surface area contributed by atoms with E-state index in [0.29, 0.717) is 32.5 Å². The van der Waals surface area contributed by atoms with Gasteiger partial charge in [-0.2, -0.15) is 4.72 Å². The van der Waals surface area contributed by atoms with Crippen LogP contribution >= 0.6 is 0 Å². The van der Waals surface area contributed by atoms with Crippen molar-refractivity contribution in [2.45, 2.75) is 44.6 Å². The highest BCUT2D eigenvalue weighted by molar-refractivity contribution is 7.89. The first-order chi connectivity index (χ1) is 14.8. The Morgan fingerprint density at radius 3 is 2.38 bits per heavy atom. The van der Waals surface area contributed by atoms with Gasteiger partial charge >= 0.3 is 0 Å². The molecule has 0 radical (unpaired) electrons. The first kappa shape index (κ1) is 26.2. The molecule has 32 heavy (non-hydrogen) atoms. The summed E-state index contributed by atoms with van der Waals surface area (Å²) in [4.78, 5) is 28.4. The number of halogens is 1. The van der Waals surface area contributed by atoms with Gasteiger partial charge in [-0.05, 0) is 51.4 Å². The van der Waals surface area contributed by atoms with Crippen LogP contribution in [0.3, 0.4) is 0 Å². The van der Waals surface area contributed by atoms with Crippen molar-refractivity contribution in [2.75, 3.05) is 40.3 Å². The molecule has 0 aromatic heterocycles. The van der Waals surface area contributed by atoms with Crippen LogP contribution in [0.25, 0.3) is 0 Å². The second-order valence-electron chi connectivity index (χ2n) is 9.49. The number of amides is 2. The van der Waals surface area contributed by atoms with Gasteiger partial charge in [-0.3, -0.25) is 9.59 Å². The molecule has 1 saturated heterocycles. The second-order valence-corrected chi connectivity index (χ2v) is 11.2. The lowest BCUT2D eigenvalue weighted by Crippen LogP contribution is -2.51. The Labute approximate surface area is 190 Å². The van der Waals surface area contributed by atoms with Crippen molar-refractivity contribution >= 4 is 21.8 Å². The van der Waals surface area contributed by atoms with Crippen molar-refractivity contribution in [1.29, 1.82) is 0 Å². The third kappa shape index (κ3) is 7.25. The summed E-state index contributed by atoms with van der Waals surface area (Å²) < 4.78 is 41.0. The van der Waals surface area contributed by atoms with Crippen molar-refractivity contribution in [3.05, 3.63) is 30.1 Å². The van der Waals surface area contributed by atoms with Crippen LogP contribution in [0.1, 0.15) is 33.6 Å². The van der Waals surface area contributed by atoms with Gasteiger partial charge in [-0.15, -0.1) is 0 Å². The number of piperidine rings is 1. The summed E-state index contributed by atoms with van der Waals surface area (Å²) in [5.74, 6) is -1.46. The van der Waals surface area contributed by atoms with Crippen LogP contribution in [0.15, 0.2) is 29.2 Å². The molecule has 10 heteroatoms. The molecule has 0 aliphatic carbocycles. The number of sulfonamides is 1. The number of rotatable bonds is 9. The molecule has 1 aromatic carbocycles. The van der Waals surface area contributed by atoms with E-state index < -0.39 is 32.7 Å². The van der Waals surface area contributed by atoms with Gasteiger partial charge in [0.05, 0.1) is 6.04 Å². The van der Waals surface area contributed by atoms with Crippen LogP contribution < -0.4 is 10.0 Å². The van der Waals surface area contributed by atoms with Crippen LogP contribution in [0.5, 0.6) is 0 Å². The quantitative estimate of drug-likeness (QED) is 0.569. The minimum Gasteiger partial charge on any atom is -0.355 e. The van der Waals surface area contributed by atoms with E-state index in [1.165, 1.54) is 19.1 Å². The van der Waals surface area contributed by atoms with Gasteiger partial charge in [0.15, 0.2) is 0 Å². The molecule has 1 aromatic rings. The SMILES string of the molecule is C[C@H](NS(=O)(=O)c1ccccc1F)C(=O)N1CCC(C(=O)NCC(C)(C)CN(C)C)CC1. The fraction of sp³-hybridized carbons (Fsp3) is 0.636. The maximum Gasteiger partial charge on any atom is 0.244 e. The highest BCUT2D eigenvalue weighted by atomic mass is 32.2. The number of carbonyl (C=O) groups excluding carboxylic acids is 2. The van der Waals surface area contributed by atoms with Gasteiger partial charge in [-0.25, -0.2) is 12.8 Å². The summed E-state index contributed by atoms with van der Waals surface area (Å²) in [6, 6.07) is 3.97. The standard InChI is InChI=1S/C22H35FN4O4S/c1-16(25-32(30,31)19-9-7-6-8-18(19)23)21(29)27-12-10-17(11-13-27)20(28)24-14-22(2,3)15-26(4)5/h6-9,16-17,25H,10-15H2,1-5H3,(H,24,28)/t16-/m0/s1. The summed E-state index contributed by atoms with van der Waals surface area (Å²) in [5, 5.41) is 3.02. The molecule has 1 atom stereocenters. The number of carbonyl (C=O) groups is 2. The predicted molar refractivity (Wildman–Crippen MR) is 121 cm³/mol. The molecule has 1 aliphatic rings. The summed E-state index contributed by atoms with van der Waals surface area (Å²) in [5.41, 5.74) is -0.0549. The van der Waals surface area contributed by atoms with Gasteiger partial charge in [0.25, 0.3) is 0 Å². The predicted octanol–water partition coefficient (Wildman–Crippen LogP) is 1.44. The summed E-state index contributed by atoms with van der Waals surface area (Å²) >= 11 is 0. The average Bonchev–Trinajstić information content (AvgIpc) is 2.70. The Hall–Kier alpha value is -2.04. The number of likely N-dealkylation sites (tertiary alicyclic amines) is 1. The molecular weight excluding hydrogens is 435 g/mol. The number of nitrogens with zero attached hydrogens (tertiary/aromatic N) is 2. The third-order valence-corrected chi connectivity index (χ3v) is 7.07. The van der Waals surface area contributed by atoms with E-state index in [1.54, 1.807) is 4.90 Å². The van der Waals surface area contributed by atoms with Crippen LogP contribution in [-0.4, -0.2) is 76.3 Å². The van der Waals surface area contributed by atoms with E-state index in [-0.39, 0.29) is 17.2 Å². The Kier molecular flexibility index (Phi) is 8.78. The average molecular weight is 471 g/mol. The Balaban J connectivity index is 1.86. The van der Waals surface area contributed by atoms with Crippen LogP contribution in [0.4, 0.5) is 4.39 Å². The van der Waals surface area contributed by atoms with Gasteiger partial charge in [0.2, 0.25) is 21.8 Å². The van der Waals surface area contributed by atoms with E-state index in [4.69, 9.17) is 0 Å². The number of benzene rings is 1. The van der Waals surface area contributed by atoms with E-state index >= 15 is 0 Å². The van der Waals surface area contributed by atoms with E-state index in [9.17, 15) is 22.4 Å². The van der Waals surface area contributed by atoms with Crippen LogP contribution in [0, 0.1) is 17.2 Å². The van der Waals surface area contributed by atoms with Gasteiger partial charge in [-0.1, -0.05) is 26.0 Å². The van der Waals surface area contributed by atoms with E-state index in [0.717, 1.165) is 18.7 Å². The molecule has 2 N–H and O–H groups in total. The van der Waals surface area contributed by atoms with Crippen molar-refractivity contribution in [2.24, 2.45) is 11.3 Å². The highest BCUT2D eigenvalue weighted by Gasteiger charge is 2.32. The number of nitrogens with one attached hydrogen (secondary N) is 2. The normalized spacial score (nSPS) is 16.8. The minimum absolute atomic E-state index is 0.0164. The van der Waals surface area contributed by atoms with E-state index in [2.05, 4.69) is 28.8 Å². The number of hydrogen-bond acceptors (Lipinski definition) is 5. The third-order valence-electron chi connectivity index (χ3n) is 5.49. The lowest BCUT2D eigenvalue weighted by atomic mass is 9.91. The molecule has 2 amide bonds. The molecule has 1 heterocycles. The Morgan fingerprint density at radius 2 is 1.81 bits per heavy atom. The summed E-state index contributed by atoms with van der Waals surface area (Å²) in [7, 11) is -0.181. The van der Waals surface area contributed by atoms with Crippen LogP contribution in [-0.2, 0) is 19.6 Å². The first-order valence-electron chi connectivity index (χ1n) is 10.8. The van der Waals surface area contributed by atoms with Crippen LogP contribution in [0.2, 0.25) is 0 Å². The molecular formula is C22H35FN4O4S. The van der Waals surface area contributed by atoms with E-state index in [1.807, 2.05) is 14.1 Å². The molecule has 1 aliphatic heterocycles. The fourth-order valence-corrected chi connectivity index (χ4v) is 5.30.